The van der Waals surface area contributed by atoms with Gasteiger partial charge in [-0.3, -0.25) is 4.79 Å². The Kier molecular flexibility index (Phi) is 5.70. The van der Waals surface area contributed by atoms with E-state index in [9.17, 15) is 9.59 Å². The summed E-state index contributed by atoms with van der Waals surface area (Å²) < 4.78 is 5.26. The van der Waals surface area contributed by atoms with Gasteiger partial charge in [-0.25, -0.2) is 9.78 Å². The van der Waals surface area contributed by atoms with Gasteiger partial charge in [0.05, 0.1) is 11.3 Å². The summed E-state index contributed by atoms with van der Waals surface area (Å²) in [6.07, 6.45) is 0.987. The normalized spacial score (nSPS) is 16.0. The van der Waals surface area contributed by atoms with Crippen molar-refractivity contribution in [2.45, 2.75) is 52.2 Å². The van der Waals surface area contributed by atoms with Crippen LogP contribution in [0, 0.1) is 6.92 Å². The van der Waals surface area contributed by atoms with Gasteiger partial charge in [0.15, 0.2) is 0 Å². The van der Waals surface area contributed by atoms with E-state index < -0.39 is 11.7 Å². The number of halogens is 1. The highest BCUT2D eigenvalue weighted by Crippen LogP contribution is 2.18. The van der Waals surface area contributed by atoms with Crippen molar-refractivity contribution in [3.05, 3.63) is 28.5 Å². The van der Waals surface area contributed by atoms with E-state index in [1.54, 1.807) is 24.0 Å². The highest BCUT2D eigenvalue weighted by atomic mass is 35.5. The van der Waals surface area contributed by atoms with Crippen molar-refractivity contribution in [3.8, 4) is 0 Å². The summed E-state index contributed by atoms with van der Waals surface area (Å²) in [6, 6.07) is 3.35. The molecule has 1 aromatic heterocycles. The fourth-order valence-electron chi connectivity index (χ4n) is 2.63. The van der Waals surface area contributed by atoms with Gasteiger partial charge in [0.1, 0.15) is 10.8 Å². The zero-order valence-corrected chi connectivity index (χ0v) is 15.3. The molecular formula is C17H24ClN3O3. The van der Waals surface area contributed by atoms with Crippen molar-refractivity contribution in [2.75, 3.05) is 13.1 Å². The fourth-order valence-corrected chi connectivity index (χ4v) is 2.82. The molecule has 0 spiro atoms. The van der Waals surface area contributed by atoms with E-state index in [-0.39, 0.29) is 11.9 Å². The Labute approximate surface area is 147 Å². The first kappa shape index (κ1) is 18.5. The lowest BCUT2D eigenvalue weighted by Crippen LogP contribution is -2.47. The number of hydrogen-bond acceptors (Lipinski definition) is 4. The van der Waals surface area contributed by atoms with Gasteiger partial charge < -0.3 is 15.0 Å². The highest BCUT2D eigenvalue weighted by molar-refractivity contribution is 6.29. The predicted molar refractivity (Wildman–Crippen MR) is 92.3 cm³/mol. The van der Waals surface area contributed by atoms with Gasteiger partial charge in [0, 0.05) is 19.1 Å². The van der Waals surface area contributed by atoms with E-state index in [0.29, 0.717) is 42.3 Å². The molecule has 2 rings (SSSR count). The van der Waals surface area contributed by atoms with E-state index >= 15 is 0 Å². The molecule has 24 heavy (non-hydrogen) atoms. The second kappa shape index (κ2) is 7.38. The van der Waals surface area contributed by atoms with Crippen LogP contribution in [-0.4, -0.2) is 46.6 Å². The van der Waals surface area contributed by atoms with Crippen LogP contribution >= 0.6 is 11.6 Å². The van der Waals surface area contributed by atoms with Crippen molar-refractivity contribution >= 4 is 23.6 Å². The van der Waals surface area contributed by atoms with Gasteiger partial charge in [0.2, 0.25) is 0 Å². The first-order valence-corrected chi connectivity index (χ1v) is 8.45. The third-order valence-corrected chi connectivity index (χ3v) is 4.00. The van der Waals surface area contributed by atoms with Crippen molar-refractivity contribution in [1.29, 1.82) is 0 Å². The SMILES string of the molecule is Cc1nc(Cl)ccc1C(=O)N1CCC(NC(=O)OC(C)(C)C)CC1. The number of ether oxygens (including phenoxy) is 1. The molecule has 0 unspecified atom stereocenters. The summed E-state index contributed by atoms with van der Waals surface area (Å²) in [5.74, 6) is -0.0487. The van der Waals surface area contributed by atoms with Crippen LogP contribution in [-0.2, 0) is 4.74 Å². The molecule has 1 aliphatic heterocycles. The van der Waals surface area contributed by atoms with E-state index in [0.717, 1.165) is 0 Å². The number of alkyl carbamates (subject to hydrolysis) is 1. The molecule has 1 saturated heterocycles. The standard InChI is InChI=1S/C17H24ClN3O3/c1-11-13(5-6-14(18)19-11)15(22)21-9-7-12(8-10-21)20-16(23)24-17(2,3)4/h5-6,12H,7-10H2,1-4H3,(H,20,23). The smallest absolute Gasteiger partial charge is 0.407 e. The molecule has 1 fully saturated rings. The van der Waals surface area contributed by atoms with Crippen LogP contribution in [0.1, 0.15) is 49.7 Å². The molecule has 132 valence electrons. The molecule has 1 aromatic rings. The van der Waals surface area contributed by atoms with Gasteiger partial charge in [-0.05, 0) is 52.7 Å². The number of amides is 2. The van der Waals surface area contributed by atoms with Crippen LogP contribution < -0.4 is 5.32 Å². The van der Waals surface area contributed by atoms with Crippen LogP contribution in [0.5, 0.6) is 0 Å². The number of pyridine rings is 1. The van der Waals surface area contributed by atoms with Gasteiger partial charge in [-0.15, -0.1) is 0 Å². The summed E-state index contributed by atoms with van der Waals surface area (Å²) in [5.41, 5.74) is 0.680. The van der Waals surface area contributed by atoms with Crippen LogP contribution in [0.2, 0.25) is 5.15 Å². The maximum atomic E-state index is 12.6. The van der Waals surface area contributed by atoms with Crippen LogP contribution in [0.25, 0.3) is 0 Å². The van der Waals surface area contributed by atoms with E-state index in [1.807, 2.05) is 20.8 Å². The van der Waals surface area contributed by atoms with Gasteiger partial charge in [-0.2, -0.15) is 0 Å². The highest BCUT2D eigenvalue weighted by Gasteiger charge is 2.27. The molecule has 0 saturated carbocycles. The number of rotatable bonds is 2. The molecule has 2 heterocycles. The topological polar surface area (TPSA) is 71.5 Å². The summed E-state index contributed by atoms with van der Waals surface area (Å²) in [4.78, 5) is 30.3. The first-order chi connectivity index (χ1) is 11.2. The molecule has 2 amide bonds. The lowest BCUT2D eigenvalue weighted by atomic mass is 10.0. The summed E-state index contributed by atoms with van der Waals surface area (Å²) >= 11 is 5.83. The number of hydrogen-bond donors (Lipinski definition) is 1. The zero-order valence-electron chi connectivity index (χ0n) is 14.6. The number of aromatic nitrogens is 1. The minimum atomic E-state index is -0.514. The average Bonchev–Trinajstić information content (AvgIpc) is 2.45. The molecule has 7 heteroatoms. The Morgan fingerprint density at radius 1 is 1.29 bits per heavy atom. The summed E-state index contributed by atoms with van der Waals surface area (Å²) in [5, 5.41) is 3.24. The van der Waals surface area contributed by atoms with E-state index in [4.69, 9.17) is 16.3 Å². The summed E-state index contributed by atoms with van der Waals surface area (Å²) in [6.45, 7) is 8.43. The second-order valence-electron chi connectivity index (χ2n) is 6.98. The molecular weight excluding hydrogens is 330 g/mol. The fraction of sp³-hybridized carbons (Fsp3) is 0.588. The third kappa shape index (κ3) is 5.09. The largest absolute Gasteiger partial charge is 0.444 e. The Morgan fingerprint density at radius 3 is 2.46 bits per heavy atom. The summed E-state index contributed by atoms with van der Waals surface area (Å²) in [7, 11) is 0. The Bertz CT molecular complexity index is 620. The number of carbonyl (C=O) groups is 2. The van der Waals surface area contributed by atoms with E-state index in [2.05, 4.69) is 10.3 Å². The Balaban J connectivity index is 1.88. The molecule has 0 aliphatic carbocycles. The monoisotopic (exact) mass is 353 g/mol. The van der Waals surface area contributed by atoms with Gasteiger partial charge in [-0.1, -0.05) is 11.6 Å². The molecule has 0 atom stereocenters. The molecule has 6 nitrogen and oxygen atoms in total. The van der Waals surface area contributed by atoms with Crippen molar-refractivity contribution < 1.29 is 14.3 Å². The third-order valence-electron chi connectivity index (χ3n) is 3.79. The molecule has 0 bridgehead atoms. The van der Waals surface area contributed by atoms with Crippen LogP contribution in [0.15, 0.2) is 12.1 Å². The predicted octanol–water partition coefficient (Wildman–Crippen LogP) is 3.17. The first-order valence-electron chi connectivity index (χ1n) is 8.07. The second-order valence-corrected chi connectivity index (χ2v) is 7.37. The number of likely N-dealkylation sites (tertiary alicyclic amines) is 1. The van der Waals surface area contributed by atoms with Crippen molar-refractivity contribution in [3.63, 3.8) is 0 Å². The Hall–Kier alpha value is -1.82. The lowest BCUT2D eigenvalue weighted by Gasteiger charge is -2.33. The number of nitrogens with one attached hydrogen (secondary N) is 1. The molecule has 0 radical (unpaired) electrons. The number of carbonyl (C=O) groups excluding carboxylic acids is 2. The van der Waals surface area contributed by atoms with Gasteiger partial charge in [0.25, 0.3) is 5.91 Å². The number of nitrogens with zero attached hydrogens (tertiary/aromatic N) is 2. The average molecular weight is 354 g/mol. The Morgan fingerprint density at radius 2 is 1.92 bits per heavy atom. The molecule has 1 aliphatic rings. The maximum absolute atomic E-state index is 12.6. The quantitative estimate of drug-likeness (QED) is 0.829. The number of aryl methyl sites for hydroxylation is 1. The van der Waals surface area contributed by atoms with Crippen molar-refractivity contribution in [1.82, 2.24) is 15.2 Å². The van der Waals surface area contributed by atoms with Crippen LogP contribution in [0.4, 0.5) is 4.79 Å². The minimum absolute atomic E-state index is 0.0216. The maximum Gasteiger partial charge on any atom is 0.407 e. The molecule has 1 N–H and O–H groups in total. The lowest BCUT2D eigenvalue weighted by molar-refractivity contribution is 0.0473. The zero-order chi connectivity index (χ0) is 17.9. The number of piperidine rings is 1. The van der Waals surface area contributed by atoms with Gasteiger partial charge >= 0.3 is 6.09 Å². The van der Waals surface area contributed by atoms with Crippen LogP contribution in [0.3, 0.4) is 0 Å². The minimum Gasteiger partial charge on any atom is -0.444 e. The molecule has 0 aromatic carbocycles. The van der Waals surface area contributed by atoms with E-state index in [1.165, 1.54) is 0 Å². The van der Waals surface area contributed by atoms with Crippen molar-refractivity contribution in [2.24, 2.45) is 0 Å².